The fourth-order valence-electron chi connectivity index (χ4n) is 2.71. The molecular weight excluding hydrogens is 428 g/mol. The highest BCUT2D eigenvalue weighted by Crippen LogP contribution is 2.35. The Morgan fingerprint density at radius 2 is 1.87 bits per heavy atom. The molecule has 1 aliphatic rings. The maximum absolute atomic E-state index is 12.1. The van der Waals surface area contributed by atoms with Gasteiger partial charge in [-0.05, 0) is 26.8 Å². The van der Waals surface area contributed by atoms with Gasteiger partial charge < -0.3 is 20.1 Å². The first-order valence-electron chi connectivity index (χ1n) is 9.54. The molecule has 0 unspecified atom stereocenters. The van der Waals surface area contributed by atoms with Gasteiger partial charge in [-0.1, -0.05) is 23.4 Å². The van der Waals surface area contributed by atoms with E-state index in [2.05, 4.69) is 16.7 Å². The van der Waals surface area contributed by atoms with Crippen LogP contribution in [0, 0.1) is 22.0 Å². The molecule has 1 fully saturated rings. The van der Waals surface area contributed by atoms with Crippen LogP contribution in [-0.2, 0) is 4.74 Å². The minimum Gasteiger partial charge on any atom is -0.479 e. The third kappa shape index (κ3) is 7.31. The first-order valence-corrected chi connectivity index (χ1v) is 9.92. The second-order valence-electron chi connectivity index (χ2n) is 7.81. The Labute approximate surface area is 185 Å². The van der Waals surface area contributed by atoms with Gasteiger partial charge in [0.15, 0.2) is 5.02 Å². The van der Waals surface area contributed by atoms with Gasteiger partial charge in [-0.25, -0.2) is 4.79 Å². The van der Waals surface area contributed by atoms with Crippen LogP contribution in [0.3, 0.4) is 0 Å². The molecule has 2 amide bonds. The lowest BCUT2D eigenvalue weighted by Gasteiger charge is -2.34. The molecule has 2 N–H and O–H groups in total. The average molecular weight is 453 g/mol. The monoisotopic (exact) mass is 452 g/mol. The van der Waals surface area contributed by atoms with Crippen LogP contribution in [0.5, 0.6) is 5.75 Å². The van der Waals surface area contributed by atoms with E-state index < -0.39 is 22.1 Å². The number of nitro groups is 1. The Morgan fingerprint density at radius 1 is 1.23 bits per heavy atom. The third-order valence-electron chi connectivity index (χ3n) is 4.25. The summed E-state index contributed by atoms with van der Waals surface area (Å²) < 4.78 is 10.8. The molecule has 0 radical (unpaired) electrons. The Hall–Kier alpha value is -3.03. The molecule has 0 atom stereocenters. The van der Waals surface area contributed by atoms with Gasteiger partial charge >= 0.3 is 6.09 Å². The third-order valence-corrected chi connectivity index (χ3v) is 4.63. The van der Waals surface area contributed by atoms with Crippen molar-refractivity contribution in [3.05, 3.63) is 32.8 Å². The molecule has 0 spiro atoms. The van der Waals surface area contributed by atoms with E-state index >= 15 is 0 Å². The molecule has 1 aromatic rings. The molecule has 0 bridgehead atoms. The van der Waals surface area contributed by atoms with Crippen LogP contribution in [0.25, 0.3) is 0 Å². The summed E-state index contributed by atoms with van der Waals surface area (Å²) in [6, 6.07) is 2.25. The Morgan fingerprint density at radius 3 is 2.42 bits per heavy atom. The van der Waals surface area contributed by atoms with Crippen molar-refractivity contribution < 1.29 is 24.0 Å². The molecule has 2 rings (SSSR count). The summed E-state index contributed by atoms with van der Waals surface area (Å²) in [4.78, 5) is 37.5. The van der Waals surface area contributed by atoms with Crippen molar-refractivity contribution in [2.45, 2.75) is 26.4 Å². The number of hydrogen-bond acceptors (Lipinski definition) is 7. The van der Waals surface area contributed by atoms with E-state index in [1.165, 1.54) is 6.07 Å². The predicted octanol–water partition coefficient (Wildman–Crippen LogP) is 2.28. The zero-order valence-electron chi connectivity index (χ0n) is 17.6. The molecule has 1 aliphatic heterocycles. The van der Waals surface area contributed by atoms with E-state index in [1.807, 2.05) is 20.8 Å². The number of piperazine rings is 1. The number of benzene rings is 1. The van der Waals surface area contributed by atoms with E-state index in [4.69, 9.17) is 26.8 Å². The minimum atomic E-state index is -0.832. The number of nitrogens with two attached hydrogens (primary N) is 1. The number of hydrogen-bond donors (Lipinski definition) is 1. The van der Waals surface area contributed by atoms with E-state index in [-0.39, 0.29) is 29.0 Å². The van der Waals surface area contributed by atoms with Crippen molar-refractivity contribution in [1.82, 2.24) is 9.80 Å². The number of rotatable bonds is 5. The number of amides is 2. The van der Waals surface area contributed by atoms with E-state index in [0.29, 0.717) is 32.7 Å². The minimum absolute atomic E-state index is 0.0371. The van der Waals surface area contributed by atoms with Crippen LogP contribution in [0.4, 0.5) is 10.5 Å². The van der Waals surface area contributed by atoms with Gasteiger partial charge in [-0.3, -0.25) is 19.8 Å². The van der Waals surface area contributed by atoms with Crippen molar-refractivity contribution >= 4 is 29.3 Å². The van der Waals surface area contributed by atoms with Crippen LogP contribution in [-0.4, -0.2) is 71.7 Å². The molecule has 10 nitrogen and oxygen atoms in total. The first kappa shape index (κ1) is 24.2. The van der Waals surface area contributed by atoms with E-state index in [9.17, 15) is 19.7 Å². The lowest BCUT2D eigenvalue weighted by atomic mass is 10.2. The Balaban J connectivity index is 1.85. The summed E-state index contributed by atoms with van der Waals surface area (Å²) in [6.45, 7) is 8.30. The first-order chi connectivity index (χ1) is 14.5. The van der Waals surface area contributed by atoms with Gasteiger partial charge in [0.05, 0.1) is 11.5 Å². The average Bonchev–Trinajstić information content (AvgIpc) is 2.67. The van der Waals surface area contributed by atoms with E-state index in [1.54, 1.807) is 4.90 Å². The standard InChI is InChI=1S/C20H25ClN4O6/c1-20(2,3)31-19(27)24-9-7-23(8-10-24)6-4-5-11-30-16-13-14(18(22)26)12-15(17(16)21)25(28)29/h12-13H,6-11H2,1-3H3,(H2,22,26). The Kier molecular flexibility index (Phi) is 8.08. The van der Waals surface area contributed by atoms with Crippen LogP contribution >= 0.6 is 11.6 Å². The summed E-state index contributed by atoms with van der Waals surface area (Å²) in [5.74, 6) is 4.89. The molecule has 1 saturated heterocycles. The summed E-state index contributed by atoms with van der Waals surface area (Å²) in [6.07, 6.45) is -0.323. The molecule has 31 heavy (non-hydrogen) atoms. The van der Waals surface area contributed by atoms with Crippen molar-refractivity contribution in [2.24, 2.45) is 5.73 Å². The van der Waals surface area contributed by atoms with E-state index in [0.717, 1.165) is 6.07 Å². The molecule has 0 aliphatic carbocycles. The number of carbonyl (C=O) groups excluding carboxylic acids is 2. The number of ether oxygens (including phenoxy) is 2. The second kappa shape index (κ2) is 10.3. The topological polar surface area (TPSA) is 128 Å². The van der Waals surface area contributed by atoms with Crippen molar-refractivity contribution in [1.29, 1.82) is 0 Å². The highest BCUT2D eigenvalue weighted by Gasteiger charge is 2.25. The van der Waals surface area contributed by atoms with Gasteiger partial charge in [0.2, 0.25) is 5.91 Å². The van der Waals surface area contributed by atoms with Crippen molar-refractivity contribution in [3.63, 3.8) is 0 Å². The van der Waals surface area contributed by atoms with Gasteiger partial charge in [0.1, 0.15) is 18.0 Å². The Bertz CT molecular complexity index is 911. The molecule has 1 aromatic carbocycles. The molecule has 0 aromatic heterocycles. The highest BCUT2D eigenvalue weighted by atomic mass is 35.5. The highest BCUT2D eigenvalue weighted by molar-refractivity contribution is 6.34. The summed E-state index contributed by atoms with van der Waals surface area (Å²) >= 11 is 5.98. The molecular formula is C20H25ClN4O6. The molecule has 168 valence electrons. The quantitative estimate of drug-likeness (QED) is 0.412. The number of nitrogens with zero attached hydrogens (tertiary/aromatic N) is 3. The van der Waals surface area contributed by atoms with Crippen molar-refractivity contribution in [3.8, 4) is 17.6 Å². The normalized spacial score (nSPS) is 14.4. The van der Waals surface area contributed by atoms with Crippen molar-refractivity contribution in [2.75, 3.05) is 39.3 Å². The summed E-state index contributed by atoms with van der Waals surface area (Å²) in [7, 11) is 0. The number of primary amides is 1. The second-order valence-corrected chi connectivity index (χ2v) is 8.19. The smallest absolute Gasteiger partial charge is 0.410 e. The van der Waals surface area contributed by atoms with Gasteiger partial charge in [0.25, 0.3) is 5.69 Å². The predicted molar refractivity (Wildman–Crippen MR) is 114 cm³/mol. The SMILES string of the molecule is CC(C)(C)OC(=O)N1CCN(CC#CCOc2cc(C(N)=O)cc([N+](=O)[O-])c2Cl)CC1. The number of halogens is 1. The van der Waals surface area contributed by atoms with Crippen LogP contribution in [0.15, 0.2) is 12.1 Å². The largest absolute Gasteiger partial charge is 0.479 e. The number of carbonyl (C=O) groups is 2. The summed E-state index contributed by atoms with van der Waals surface area (Å²) in [5, 5.41) is 10.9. The maximum atomic E-state index is 12.1. The zero-order valence-corrected chi connectivity index (χ0v) is 18.4. The van der Waals surface area contributed by atoms with Crippen LogP contribution in [0.2, 0.25) is 5.02 Å². The van der Waals surface area contributed by atoms with Gasteiger partial charge in [0, 0.05) is 37.8 Å². The molecule has 1 heterocycles. The van der Waals surface area contributed by atoms with Crippen LogP contribution in [0.1, 0.15) is 31.1 Å². The maximum Gasteiger partial charge on any atom is 0.410 e. The lowest BCUT2D eigenvalue weighted by molar-refractivity contribution is -0.384. The number of nitro benzene ring substituents is 1. The lowest BCUT2D eigenvalue weighted by Crippen LogP contribution is -2.50. The van der Waals surface area contributed by atoms with Crippen LogP contribution < -0.4 is 10.5 Å². The summed E-state index contributed by atoms with van der Waals surface area (Å²) in [5.41, 5.74) is 4.12. The van der Waals surface area contributed by atoms with Gasteiger partial charge in [-0.2, -0.15) is 0 Å². The van der Waals surface area contributed by atoms with Gasteiger partial charge in [-0.15, -0.1) is 0 Å². The fraction of sp³-hybridized carbons (Fsp3) is 0.500. The fourth-order valence-corrected chi connectivity index (χ4v) is 2.94. The molecule has 0 saturated carbocycles. The zero-order chi connectivity index (χ0) is 23.2. The molecule has 11 heteroatoms.